The minimum atomic E-state index is -4.70. The zero-order chi connectivity index (χ0) is 16.4. The average molecular weight is 322 g/mol. The second-order valence-corrected chi connectivity index (χ2v) is 4.95. The number of para-hydroxylation sites is 2. The van der Waals surface area contributed by atoms with E-state index in [2.05, 4.69) is 9.72 Å². The molecule has 2 aromatic carbocycles. The van der Waals surface area contributed by atoms with E-state index in [1.807, 2.05) is 28.8 Å². The van der Waals surface area contributed by atoms with Gasteiger partial charge in [0, 0.05) is 6.54 Å². The van der Waals surface area contributed by atoms with Crippen LogP contribution < -0.4 is 4.74 Å². The topological polar surface area (TPSA) is 47.3 Å². The molecule has 0 spiro atoms. The Morgan fingerprint density at radius 2 is 1.74 bits per heavy atom. The molecule has 1 aromatic heterocycles. The molecule has 0 bridgehead atoms. The predicted octanol–water partition coefficient (Wildman–Crippen LogP) is 3.48. The number of hydrogen-bond donors (Lipinski definition) is 1. The van der Waals surface area contributed by atoms with E-state index in [-0.39, 0.29) is 12.4 Å². The minimum absolute atomic E-state index is 0.218. The fraction of sp³-hybridized carbons (Fsp3) is 0.188. The number of fused-ring (bicyclic) bond motifs is 1. The molecule has 23 heavy (non-hydrogen) atoms. The summed E-state index contributed by atoms with van der Waals surface area (Å²) in [4.78, 5) is 4.33. The van der Waals surface area contributed by atoms with Crippen molar-refractivity contribution in [2.75, 3.05) is 0 Å². The lowest BCUT2D eigenvalue weighted by atomic mass is 10.2. The Bertz CT molecular complexity index is 810. The quantitative estimate of drug-likeness (QED) is 0.800. The molecule has 0 fully saturated rings. The van der Waals surface area contributed by atoms with Crippen LogP contribution in [0.25, 0.3) is 11.0 Å². The third-order valence-corrected chi connectivity index (χ3v) is 3.37. The number of nitrogens with zero attached hydrogens (tertiary/aromatic N) is 2. The van der Waals surface area contributed by atoms with Gasteiger partial charge in [0.15, 0.2) is 0 Å². The third kappa shape index (κ3) is 3.45. The van der Waals surface area contributed by atoms with Gasteiger partial charge < -0.3 is 14.4 Å². The molecule has 0 aliphatic heterocycles. The van der Waals surface area contributed by atoms with Crippen molar-refractivity contribution >= 4 is 11.0 Å². The molecule has 120 valence electrons. The van der Waals surface area contributed by atoms with Gasteiger partial charge in [-0.05, 0) is 29.8 Å². The van der Waals surface area contributed by atoms with Crippen molar-refractivity contribution in [2.45, 2.75) is 19.5 Å². The van der Waals surface area contributed by atoms with Gasteiger partial charge in [0.2, 0.25) is 0 Å². The van der Waals surface area contributed by atoms with Gasteiger partial charge in [-0.3, -0.25) is 0 Å². The van der Waals surface area contributed by atoms with E-state index in [0.717, 1.165) is 16.6 Å². The minimum Gasteiger partial charge on any atom is -0.406 e. The number of halogens is 3. The Kier molecular flexibility index (Phi) is 3.96. The maximum absolute atomic E-state index is 12.2. The molecular formula is C16H13F3N2O2. The van der Waals surface area contributed by atoms with Crippen molar-refractivity contribution < 1.29 is 23.0 Å². The van der Waals surface area contributed by atoms with Crippen LogP contribution in [0.2, 0.25) is 0 Å². The van der Waals surface area contributed by atoms with Crippen molar-refractivity contribution in [3.8, 4) is 5.75 Å². The van der Waals surface area contributed by atoms with E-state index >= 15 is 0 Å². The number of ether oxygens (including phenoxy) is 1. The molecular weight excluding hydrogens is 309 g/mol. The molecule has 4 nitrogen and oxygen atoms in total. The maximum atomic E-state index is 12.2. The molecule has 0 amide bonds. The van der Waals surface area contributed by atoms with Crippen molar-refractivity contribution in [2.24, 2.45) is 0 Å². The predicted molar refractivity (Wildman–Crippen MR) is 77.9 cm³/mol. The number of aliphatic hydroxyl groups is 1. The van der Waals surface area contributed by atoms with E-state index in [0.29, 0.717) is 12.4 Å². The van der Waals surface area contributed by atoms with Crippen LogP contribution in [0.1, 0.15) is 11.4 Å². The zero-order valence-corrected chi connectivity index (χ0v) is 11.9. The highest BCUT2D eigenvalue weighted by Crippen LogP contribution is 2.24. The molecule has 0 aliphatic rings. The summed E-state index contributed by atoms with van der Waals surface area (Å²) >= 11 is 0. The molecule has 0 saturated heterocycles. The summed E-state index contributed by atoms with van der Waals surface area (Å²) in [6, 6.07) is 13.1. The van der Waals surface area contributed by atoms with Crippen molar-refractivity contribution in [1.82, 2.24) is 9.55 Å². The molecule has 1 N–H and O–H groups in total. The lowest BCUT2D eigenvalue weighted by Gasteiger charge is -2.11. The van der Waals surface area contributed by atoms with E-state index in [4.69, 9.17) is 0 Å². The molecule has 0 radical (unpaired) electrons. The van der Waals surface area contributed by atoms with Gasteiger partial charge in [-0.15, -0.1) is 13.2 Å². The Morgan fingerprint density at radius 1 is 1.04 bits per heavy atom. The van der Waals surface area contributed by atoms with Crippen molar-refractivity contribution in [3.05, 3.63) is 59.9 Å². The summed E-state index contributed by atoms with van der Waals surface area (Å²) in [6.07, 6.45) is -4.70. The van der Waals surface area contributed by atoms with Crippen LogP contribution in [0, 0.1) is 0 Å². The number of aromatic nitrogens is 2. The summed E-state index contributed by atoms with van der Waals surface area (Å²) in [6.45, 7) is 0.173. The van der Waals surface area contributed by atoms with Gasteiger partial charge in [0.1, 0.15) is 18.2 Å². The van der Waals surface area contributed by atoms with Crippen LogP contribution in [-0.4, -0.2) is 21.0 Å². The maximum Gasteiger partial charge on any atom is 0.573 e. The first-order valence-corrected chi connectivity index (χ1v) is 6.86. The molecule has 0 unspecified atom stereocenters. The van der Waals surface area contributed by atoms with Crippen molar-refractivity contribution in [3.63, 3.8) is 0 Å². The fourth-order valence-electron chi connectivity index (χ4n) is 2.40. The van der Waals surface area contributed by atoms with Crippen LogP contribution in [0.5, 0.6) is 5.75 Å². The molecule has 3 rings (SSSR count). The molecule has 7 heteroatoms. The smallest absolute Gasteiger partial charge is 0.406 e. The normalized spacial score (nSPS) is 11.8. The molecule has 3 aromatic rings. The fourth-order valence-corrected chi connectivity index (χ4v) is 2.40. The number of benzene rings is 2. The number of hydrogen-bond acceptors (Lipinski definition) is 3. The lowest BCUT2D eigenvalue weighted by molar-refractivity contribution is -0.274. The highest BCUT2D eigenvalue weighted by molar-refractivity contribution is 5.76. The SMILES string of the molecule is OCc1nc2ccccc2n1Cc1ccc(OC(F)(F)F)cc1. The van der Waals surface area contributed by atoms with Crippen LogP contribution in [0.3, 0.4) is 0 Å². The summed E-state index contributed by atoms with van der Waals surface area (Å²) in [5.74, 6) is 0.237. The van der Waals surface area contributed by atoms with Gasteiger partial charge in [0.05, 0.1) is 11.0 Å². The number of aliphatic hydroxyl groups excluding tert-OH is 1. The van der Waals surface area contributed by atoms with Gasteiger partial charge in [0.25, 0.3) is 0 Å². The largest absolute Gasteiger partial charge is 0.573 e. The van der Waals surface area contributed by atoms with Crippen molar-refractivity contribution in [1.29, 1.82) is 0 Å². The van der Waals surface area contributed by atoms with Gasteiger partial charge >= 0.3 is 6.36 Å². The van der Waals surface area contributed by atoms with Crippen LogP contribution in [0.15, 0.2) is 48.5 Å². The lowest BCUT2D eigenvalue weighted by Crippen LogP contribution is -2.17. The number of imidazole rings is 1. The van der Waals surface area contributed by atoms with Crippen LogP contribution in [0.4, 0.5) is 13.2 Å². The number of rotatable bonds is 4. The Balaban J connectivity index is 1.87. The Labute approximate surface area is 129 Å². The summed E-state index contributed by atoms with van der Waals surface area (Å²) < 4.78 is 42.1. The van der Waals surface area contributed by atoms with Crippen LogP contribution >= 0.6 is 0 Å². The summed E-state index contributed by atoms with van der Waals surface area (Å²) in [5, 5.41) is 9.44. The number of alkyl halides is 3. The monoisotopic (exact) mass is 322 g/mol. The molecule has 1 heterocycles. The third-order valence-electron chi connectivity index (χ3n) is 3.37. The van der Waals surface area contributed by atoms with Gasteiger partial charge in [-0.2, -0.15) is 0 Å². The Hall–Kier alpha value is -2.54. The Morgan fingerprint density at radius 3 is 2.39 bits per heavy atom. The van der Waals surface area contributed by atoms with E-state index in [1.165, 1.54) is 12.1 Å². The molecule has 0 saturated carbocycles. The highest BCUT2D eigenvalue weighted by atomic mass is 19.4. The highest BCUT2D eigenvalue weighted by Gasteiger charge is 2.30. The first-order valence-electron chi connectivity index (χ1n) is 6.86. The van der Waals surface area contributed by atoms with E-state index in [9.17, 15) is 18.3 Å². The summed E-state index contributed by atoms with van der Waals surface area (Å²) in [7, 11) is 0. The first-order chi connectivity index (χ1) is 11.0. The first kappa shape index (κ1) is 15.4. The molecule has 0 aliphatic carbocycles. The summed E-state index contributed by atoms with van der Waals surface area (Å²) in [5.41, 5.74) is 2.39. The van der Waals surface area contributed by atoms with E-state index < -0.39 is 6.36 Å². The van der Waals surface area contributed by atoms with E-state index in [1.54, 1.807) is 12.1 Å². The van der Waals surface area contributed by atoms with Gasteiger partial charge in [-0.1, -0.05) is 24.3 Å². The standard InChI is InChI=1S/C16H13F3N2O2/c17-16(18,19)23-12-7-5-11(6-8-12)9-21-14-4-2-1-3-13(14)20-15(21)10-22/h1-8,22H,9-10H2. The second-order valence-electron chi connectivity index (χ2n) is 4.95. The average Bonchev–Trinajstić information content (AvgIpc) is 2.86. The van der Waals surface area contributed by atoms with Crippen LogP contribution in [-0.2, 0) is 13.2 Å². The van der Waals surface area contributed by atoms with Gasteiger partial charge in [-0.25, -0.2) is 4.98 Å². The second kappa shape index (κ2) is 5.92. The molecule has 0 atom stereocenters. The zero-order valence-electron chi connectivity index (χ0n) is 11.9.